The molecule has 7 nitrogen and oxygen atoms in total. The van der Waals surface area contributed by atoms with Crippen LogP contribution in [0.15, 0.2) is 4.34 Å². The molecule has 0 atom stereocenters. The third kappa shape index (κ3) is 3.30. The molecule has 0 bridgehead atoms. The summed E-state index contributed by atoms with van der Waals surface area (Å²) in [4.78, 5) is 37.7. The zero-order valence-corrected chi connectivity index (χ0v) is 13.8. The van der Waals surface area contributed by atoms with Crippen molar-refractivity contribution in [1.29, 1.82) is 0 Å². The van der Waals surface area contributed by atoms with E-state index in [0.717, 1.165) is 17.2 Å². The fraction of sp³-hybridized carbons (Fsp3) is 0.615. The minimum absolute atomic E-state index is 0.0107. The van der Waals surface area contributed by atoms with Gasteiger partial charge in [-0.05, 0) is 12.8 Å². The fourth-order valence-corrected chi connectivity index (χ4v) is 4.29. The van der Waals surface area contributed by atoms with Crippen molar-refractivity contribution in [3.63, 3.8) is 0 Å². The van der Waals surface area contributed by atoms with Crippen molar-refractivity contribution >= 4 is 46.0 Å². The number of amides is 3. The minimum atomic E-state index is -0.0972. The van der Waals surface area contributed by atoms with Crippen LogP contribution in [0.1, 0.15) is 32.6 Å². The second-order valence-electron chi connectivity index (χ2n) is 5.26. The molecule has 1 saturated heterocycles. The molecule has 118 valence electrons. The van der Waals surface area contributed by atoms with E-state index < -0.39 is 0 Å². The lowest BCUT2D eigenvalue weighted by molar-refractivity contribution is -0.138. The molecule has 1 aliphatic heterocycles. The van der Waals surface area contributed by atoms with Crippen LogP contribution in [-0.2, 0) is 14.4 Å². The van der Waals surface area contributed by atoms with Crippen LogP contribution in [0.5, 0.6) is 0 Å². The second kappa shape index (κ2) is 6.33. The summed E-state index contributed by atoms with van der Waals surface area (Å²) in [6, 6.07) is 0.267. The number of rotatable bonds is 6. The summed E-state index contributed by atoms with van der Waals surface area (Å²) in [7, 11) is 0. The van der Waals surface area contributed by atoms with E-state index in [1.807, 2.05) is 0 Å². The normalized spacial score (nSPS) is 18.1. The van der Waals surface area contributed by atoms with Gasteiger partial charge in [-0.15, -0.1) is 10.2 Å². The highest BCUT2D eigenvalue weighted by molar-refractivity contribution is 8.01. The molecule has 9 heteroatoms. The molecule has 3 rings (SSSR count). The number of carbonyl (C=O) groups excluding carboxylic acids is 3. The zero-order chi connectivity index (χ0) is 15.7. The van der Waals surface area contributed by atoms with Crippen LogP contribution in [0.25, 0.3) is 0 Å². The molecule has 0 N–H and O–H groups in total. The van der Waals surface area contributed by atoms with E-state index in [-0.39, 0.29) is 23.8 Å². The molecule has 0 spiro atoms. The number of carbonyl (C=O) groups is 3. The standard InChI is InChI=1S/C13H16N4O3S2/c1-8(18)17(9-2-3-9)12-14-15-13(22-12)21-7-6-16-10(19)4-5-11(16)20/h9H,2-7H2,1H3. The number of aromatic nitrogens is 2. The zero-order valence-electron chi connectivity index (χ0n) is 12.2. The van der Waals surface area contributed by atoms with Gasteiger partial charge in [0.25, 0.3) is 0 Å². The molecule has 2 aliphatic rings. The number of thioether (sulfide) groups is 1. The van der Waals surface area contributed by atoms with E-state index >= 15 is 0 Å². The molecule has 1 aliphatic carbocycles. The van der Waals surface area contributed by atoms with Gasteiger partial charge in [0.15, 0.2) is 4.34 Å². The lowest BCUT2D eigenvalue weighted by Gasteiger charge is -2.15. The van der Waals surface area contributed by atoms with Gasteiger partial charge in [-0.3, -0.25) is 24.2 Å². The lowest BCUT2D eigenvalue weighted by Crippen LogP contribution is -2.31. The molecular formula is C13H16N4O3S2. The molecule has 0 unspecified atom stereocenters. The summed E-state index contributed by atoms with van der Waals surface area (Å²) in [6.07, 6.45) is 2.67. The molecule has 0 aromatic carbocycles. The van der Waals surface area contributed by atoms with Gasteiger partial charge in [0.2, 0.25) is 22.9 Å². The highest BCUT2D eigenvalue weighted by Crippen LogP contribution is 2.35. The quantitative estimate of drug-likeness (QED) is 0.441. The van der Waals surface area contributed by atoms with Gasteiger partial charge in [0.1, 0.15) is 0 Å². The van der Waals surface area contributed by atoms with Crippen molar-refractivity contribution in [1.82, 2.24) is 15.1 Å². The largest absolute Gasteiger partial charge is 0.284 e. The molecule has 1 aromatic rings. The Bertz CT molecular complexity index is 598. The van der Waals surface area contributed by atoms with Crippen LogP contribution < -0.4 is 4.90 Å². The van der Waals surface area contributed by atoms with Crippen LogP contribution >= 0.6 is 23.1 Å². The Morgan fingerprint density at radius 3 is 2.59 bits per heavy atom. The average Bonchev–Trinajstić information content (AvgIpc) is 3.10. The summed E-state index contributed by atoms with van der Waals surface area (Å²) in [5.41, 5.74) is 0. The summed E-state index contributed by atoms with van der Waals surface area (Å²) in [5, 5.41) is 8.80. The highest BCUT2D eigenvalue weighted by atomic mass is 32.2. The minimum Gasteiger partial charge on any atom is -0.284 e. The Morgan fingerprint density at radius 1 is 1.32 bits per heavy atom. The highest BCUT2D eigenvalue weighted by Gasteiger charge is 2.34. The van der Waals surface area contributed by atoms with Gasteiger partial charge < -0.3 is 0 Å². The predicted molar refractivity (Wildman–Crippen MR) is 82.8 cm³/mol. The smallest absolute Gasteiger partial charge is 0.229 e. The number of hydrogen-bond acceptors (Lipinski definition) is 7. The first-order valence-corrected chi connectivity index (χ1v) is 8.96. The van der Waals surface area contributed by atoms with E-state index in [0.29, 0.717) is 30.3 Å². The Balaban J connectivity index is 1.54. The number of imide groups is 1. The molecular weight excluding hydrogens is 324 g/mol. The third-order valence-corrected chi connectivity index (χ3v) is 5.58. The molecule has 2 heterocycles. The summed E-state index contributed by atoms with van der Waals surface area (Å²) in [6.45, 7) is 1.94. The van der Waals surface area contributed by atoms with Crippen molar-refractivity contribution < 1.29 is 14.4 Å². The summed E-state index contributed by atoms with van der Waals surface area (Å²) >= 11 is 2.83. The molecule has 22 heavy (non-hydrogen) atoms. The molecule has 0 radical (unpaired) electrons. The van der Waals surface area contributed by atoms with Crippen molar-refractivity contribution in [2.24, 2.45) is 0 Å². The number of anilines is 1. The summed E-state index contributed by atoms with van der Waals surface area (Å²) < 4.78 is 0.751. The molecule has 1 saturated carbocycles. The van der Waals surface area contributed by atoms with Crippen molar-refractivity contribution in [2.75, 3.05) is 17.2 Å². The predicted octanol–water partition coefficient (Wildman–Crippen LogP) is 1.29. The first-order chi connectivity index (χ1) is 10.6. The monoisotopic (exact) mass is 340 g/mol. The van der Waals surface area contributed by atoms with Gasteiger partial charge in [-0.2, -0.15) is 0 Å². The lowest BCUT2D eigenvalue weighted by atomic mass is 10.4. The van der Waals surface area contributed by atoms with E-state index in [2.05, 4.69) is 10.2 Å². The van der Waals surface area contributed by atoms with Crippen molar-refractivity contribution in [3.8, 4) is 0 Å². The fourth-order valence-electron chi connectivity index (χ4n) is 2.34. The van der Waals surface area contributed by atoms with Crippen LogP contribution in [0.4, 0.5) is 5.13 Å². The van der Waals surface area contributed by atoms with Crippen LogP contribution in [-0.4, -0.2) is 51.2 Å². The first-order valence-electron chi connectivity index (χ1n) is 7.15. The van der Waals surface area contributed by atoms with Crippen LogP contribution in [0.2, 0.25) is 0 Å². The van der Waals surface area contributed by atoms with Crippen molar-refractivity contribution in [3.05, 3.63) is 0 Å². The molecule has 2 fully saturated rings. The van der Waals surface area contributed by atoms with E-state index in [1.54, 1.807) is 4.90 Å². The second-order valence-corrected chi connectivity index (χ2v) is 7.56. The summed E-state index contributed by atoms with van der Waals surface area (Å²) in [5.74, 6) is 0.388. The van der Waals surface area contributed by atoms with Gasteiger partial charge in [-0.25, -0.2) is 0 Å². The third-order valence-electron chi connectivity index (χ3n) is 3.55. The van der Waals surface area contributed by atoms with Gasteiger partial charge in [-0.1, -0.05) is 23.1 Å². The van der Waals surface area contributed by atoms with Crippen molar-refractivity contribution in [2.45, 2.75) is 43.0 Å². The Labute approximate surface area is 136 Å². The number of nitrogens with zero attached hydrogens (tertiary/aromatic N) is 4. The van der Waals surface area contributed by atoms with E-state index in [4.69, 9.17) is 0 Å². The maximum atomic E-state index is 11.7. The molecule has 3 amide bonds. The van der Waals surface area contributed by atoms with E-state index in [9.17, 15) is 14.4 Å². The Hall–Kier alpha value is -1.48. The van der Waals surface area contributed by atoms with E-state index in [1.165, 1.54) is 34.9 Å². The SMILES string of the molecule is CC(=O)N(c1nnc(SCCN2C(=O)CCC2=O)s1)C1CC1. The number of likely N-dealkylation sites (tertiary alicyclic amines) is 1. The van der Waals surface area contributed by atoms with Gasteiger partial charge >= 0.3 is 0 Å². The molecule has 1 aromatic heterocycles. The maximum absolute atomic E-state index is 11.7. The Kier molecular flexibility index (Phi) is 4.44. The topological polar surface area (TPSA) is 83.5 Å². The Morgan fingerprint density at radius 2 is 2.00 bits per heavy atom. The first kappa shape index (κ1) is 15.4. The number of hydrogen-bond donors (Lipinski definition) is 0. The maximum Gasteiger partial charge on any atom is 0.229 e. The van der Waals surface area contributed by atoms with Gasteiger partial charge in [0.05, 0.1) is 0 Å². The van der Waals surface area contributed by atoms with Gasteiger partial charge in [0, 0.05) is 38.1 Å². The van der Waals surface area contributed by atoms with Crippen LogP contribution in [0, 0.1) is 0 Å². The average molecular weight is 340 g/mol. The van der Waals surface area contributed by atoms with Crippen LogP contribution in [0.3, 0.4) is 0 Å².